The summed E-state index contributed by atoms with van der Waals surface area (Å²) >= 11 is 1.62. The van der Waals surface area contributed by atoms with Crippen molar-refractivity contribution in [2.75, 3.05) is 12.0 Å². The molecular formula is C30H47N3O4S. The van der Waals surface area contributed by atoms with Crippen LogP contribution in [0.4, 0.5) is 4.79 Å². The summed E-state index contributed by atoms with van der Waals surface area (Å²) in [7, 11) is 0. The van der Waals surface area contributed by atoms with Gasteiger partial charge in [-0.15, -0.1) is 0 Å². The second kappa shape index (κ2) is 13.2. The van der Waals surface area contributed by atoms with Crippen LogP contribution in [0.2, 0.25) is 0 Å². The number of carbonyl (C=O) groups excluding carboxylic acids is 3. The fraction of sp³-hybridized carbons (Fsp3) is 0.700. The van der Waals surface area contributed by atoms with Crippen molar-refractivity contribution in [3.63, 3.8) is 0 Å². The quantitative estimate of drug-likeness (QED) is 0.395. The predicted molar refractivity (Wildman–Crippen MR) is 154 cm³/mol. The van der Waals surface area contributed by atoms with Crippen LogP contribution in [0.15, 0.2) is 18.2 Å². The molecule has 212 valence electrons. The number of aryl methyl sites for hydroxylation is 2. The molecule has 2 saturated carbocycles. The van der Waals surface area contributed by atoms with E-state index < -0.39 is 23.8 Å². The number of rotatable bonds is 10. The van der Waals surface area contributed by atoms with Crippen LogP contribution < -0.4 is 10.6 Å². The van der Waals surface area contributed by atoms with Gasteiger partial charge in [0.25, 0.3) is 0 Å². The summed E-state index contributed by atoms with van der Waals surface area (Å²) in [5, 5.41) is 6.15. The molecule has 0 heterocycles. The lowest BCUT2D eigenvalue weighted by Gasteiger charge is -2.37. The van der Waals surface area contributed by atoms with Crippen molar-refractivity contribution in [2.24, 2.45) is 5.92 Å². The third-order valence-electron chi connectivity index (χ3n) is 7.57. The van der Waals surface area contributed by atoms with Crippen LogP contribution in [-0.2, 0) is 14.3 Å². The monoisotopic (exact) mass is 545 g/mol. The van der Waals surface area contributed by atoms with Gasteiger partial charge in [-0.25, -0.2) is 4.79 Å². The second-order valence-corrected chi connectivity index (χ2v) is 13.0. The highest BCUT2D eigenvalue weighted by Crippen LogP contribution is 2.42. The third-order valence-corrected chi connectivity index (χ3v) is 8.22. The zero-order valence-corrected chi connectivity index (χ0v) is 25.1. The number of nitrogens with one attached hydrogen (secondary N) is 2. The smallest absolute Gasteiger partial charge is 0.408 e. The van der Waals surface area contributed by atoms with Gasteiger partial charge >= 0.3 is 6.09 Å². The van der Waals surface area contributed by atoms with E-state index in [2.05, 4.69) is 17.6 Å². The Balaban J connectivity index is 2.00. The molecule has 0 aliphatic heterocycles. The van der Waals surface area contributed by atoms with Gasteiger partial charge in [0, 0.05) is 12.1 Å². The highest BCUT2D eigenvalue weighted by Gasteiger charge is 2.49. The van der Waals surface area contributed by atoms with Crippen LogP contribution in [0.3, 0.4) is 0 Å². The van der Waals surface area contributed by atoms with Crippen LogP contribution in [0.5, 0.6) is 0 Å². The summed E-state index contributed by atoms with van der Waals surface area (Å²) in [6.07, 6.45) is 8.01. The van der Waals surface area contributed by atoms with Crippen LogP contribution in [-0.4, -0.2) is 58.5 Å². The minimum Gasteiger partial charge on any atom is -0.444 e. The molecule has 2 aliphatic rings. The van der Waals surface area contributed by atoms with Crippen LogP contribution >= 0.6 is 11.8 Å². The fourth-order valence-electron chi connectivity index (χ4n) is 5.48. The first-order valence-electron chi connectivity index (χ1n) is 14.1. The maximum absolute atomic E-state index is 14.4. The SMILES string of the molecule is CSCCC(NC(=O)OC(C)(C)C)C(=O)N(C(C(=O)NC1CCCCC1)c1c(C)cccc1C)C1CC1C. The molecule has 0 radical (unpaired) electrons. The van der Waals surface area contributed by atoms with Gasteiger partial charge in [-0.3, -0.25) is 9.59 Å². The summed E-state index contributed by atoms with van der Waals surface area (Å²) in [5.74, 6) is 0.645. The summed E-state index contributed by atoms with van der Waals surface area (Å²) in [6.45, 7) is 11.5. The van der Waals surface area contributed by atoms with Gasteiger partial charge in [0.1, 0.15) is 17.7 Å². The van der Waals surface area contributed by atoms with Gasteiger partial charge in [-0.05, 0) is 94.9 Å². The molecule has 3 rings (SSSR count). The van der Waals surface area contributed by atoms with Crippen molar-refractivity contribution in [1.29, 1.82) is 0 Å². The van der Waals surface area contributed by atoms with E-state index in [-0.39, 0.29) is 29.8 Å². The first-order valence-corrected chi connectivity index (χ1v) is 15.5. The van der Waals surface area contributed by atoms with Crippen molar-refractivity contribution < 1.29 is 19.1 Å². The number of alkyl carbamates (subject to hydrolysis) is 1. The Hall–Kier alpha value is -2.22. The van der Waals surface area contributed by atoms with E-state index in [1.165, 1.54) is 6.42 Å². The van der Waals surface area contributed by atoms with Crippen molar-refractivity contribution in [3.05, 3.63) is 34.9 Å². The fourth-order valence-corrected chi connectivity index (χ4v) is 5.95. The molecule has 2 N–H and O–H groups in total. The van der Waals surface area contributed by atoms with Crippen molar-refractivity contribution in [1.82, 2.24) is 15.5 Å². The second-order valence-electron chi connectivity index (χ2n) is 12.1. The van der Waals surface area contributed by atoms with Gasteiger partial charge in [0.05, 0.1) is 0 Å². The number of nitrogens with zero attached hydrogens (tertiary/aromatic N) is 1. The number of carbonyl (C=O) groups is 3. The molecule has 1 aromatic rings. The number of hydrogen-bond acceptors (Lipinski definition) is 5. The molecule has 2 fully saturated rings. The molecule has 0 spiro atoms. The molecule has 0 aromatic heterocycles. The van der Waals surface area contributed by atoms with Gasteiger partial charge in [0.15, 0.2) is 0 Å². The number of benzene rings is 1. The summed E-state index contributed by atoms with van der Waals surface area (Å²) in [5.41, 5.74) is 2.18. The highest BCUT2D eigenvalue weighted by atomic mass is 32.2. The Labute approximate surface area is 233 Å². The zero-order chi connectivity index (χ0) is 28.0. The molecule has 7 nitrogen and oxygen atoms in total. The molecule has 1 aromatic carbocycles. The lowest BCUT2D eigenvalue weighted by molar-refractivity contribution is -0.144. The Bertz CT molecular complexity index is 966. The van der Waals surface area contributed by atoms with Crippen LogP contribution in [0.1, 0.15) is 95.4 Å². The van der Waals surface area contributed by atoms with Gasteiger partial charge in [0.2, 0.25) is 11.8 Å². The Morgan fingerprint density at radius 1 is 1.11 bits per heavy atom. The maximum Gasteiger partial charge on any atom is 0.408 e. The lowest BCUT2D eigenvalue weighted by Crippen LogP contribution is -2.55. The average Bonchev–Trinajstić information content (AvgIpc) is 3.55. The molecule has 38 heavy (non-hydrogen) atoms. The first-order chi connectivity index (χ1) is 17.9. The van der Waals surface area contributed by atoms with E-state index in [9.17, 15) is 14.4 Å². The molecule has 0 bridgehead atoms. The molecule has 4 atom stereocenters. The number of amides is 3. The zero-order valence-electron chi connectivity index (χ0n) is 24.3. The minimum atomic E-state index is -0.778. The molecular weight excluding hydrogens is 498 g/mol. The molecule has 8 heteroatoms. The van der Waals surface area contributed by atoms with E-state index in [0.29, 0.717) is 12.2 Å². The lowest BCUT2D eigenvalue weighted by atomic mass is 9.91. The van der Waals surface area contributed by atoms with E-state index in [4.69, 9.17) is 4.74 Å². The van der Waals surface area contributed by atoms with E-state index in [1.54, 1.807) is 37.4 Å². The van der Waals surface area contributed by atoms with Crippen molar-refractivity contribution in [2.45, 2.75) is 116 Å². The van der Waals surface area contributed by atoms with Gasteiger partial charge < -0.3 is 20.3 Å². The normalized spacial score (nSPS) is 21.2. The van der Waals surface area contributed by atoms with Crippen LogP contribution in [0.25, 0.3) is 0 Å². The molecule has 2 aliphatic carbocycles. The van der Waals surface area contributed by atoms with E-state index in [0.717, 1.165) is 48.8 Å². The number of ether oxygens (including phenoxy) is 1. The summed E-state index contributed by atoms with van der Waals surface area (Å²) < 4.78 is 5.50. The Morgan fingerprint density at radius 3 is 2.24 bits per heavy atom. The number of thioether (sulfide) groups is 1. The molecule has 0 saturated heterocycles. The maximum atomic E-state index is 14.4. The van der Waals surface area contributed by atoms with Crippen molar-refractivity contribution >= 4 is 29.7 Å². The van der Waals surface area contributed by atoms with Crippen molar-refractivity contribution in [3.8, 4) is 0 Å². The van der Waals surface area contributed by atoms with Gasteiger partial charge in [-0.2, -0.15) is 11.8 Å². The summed E-state index contributed by atoms with van der Waals surface area (Å²) in [6, 6.07) is 4.54. The molecule has 4 unspecified atom stereocenters. The summed E-state index contributed by atoms with van der Waals surface area (Å²) in [4.78, 5) is 43.1. The predicted octanol–water partition coefficient (Wildman–Crippen LogP) is 5.68. The Kier molecular flexibility index (Phi) is 10.6. The topological polar surface area (TPSA) is 87.7 Å². The Morgan fingerprint density at radius 2 is 1.71 bits per heavy atom. The molecule has 3 amide bonds. The standard InChI is InChI=1S/C30H47N3O4S/c1-19-12-11-13-20(2)25(19)26(27(34)31-22-14-9-8-10-15-22)33(24-18-21(24)3)28(35)23(16-17-38-7)32-29(36)37-30(4,5)6/h11-13,21-24,26H,8-10,14-18H2,1-7H3,(H,31,34)(H,32,36). The third kappa shape index (κ3) is 8.14. The number of hydrogen-bond donors (Lipinski definition) is 2. The van der Waals surface area contributed by atoms with E-state index in [1.807, 2.05) is 38.3 Å². The minimum absolute atomic E-state index is 0.0548. The van der Waals surface area contributed by atoms with Crippen LogP contribution in [0, 0.1) is 19.8 Å². The highest BCUT2D eigenvalue weighted by molar-refractivity contribution is 7.98. The van der Waals surface area contributed by atoms with E-state index >= 15 is 0 Å². The average molecular weight is 546 g/mol. The first kappa shape index (κ1) is 30.3. The largest absolute Gasteiger partial charge is 0.444 e. The van der Waals surface area contributed by atoms with Gasteiger partial charge in [-0.1, -0.05) is 44.4 Å².